The molecule has 0 aliphatic rings. The van der Waals surface area contributed by atoms with Crippen molar-refractivity contribution in [2.45, 2.75) is 32.2 Å². The molecule has 17 heavy (non-hydrogen) atoms. The molecule has 0 atom stereocenters. The Balaban J connectivity index is 2.42. The van der Waals surface area contributed by atoms with Gasteiger partial charge in [0.2, 0.25) is 0 Å². The molecule has 0 aliphatic heterocycles. The van der Waals surface area contributed by atoms with Gasteiger partial charge in [-0.3, -0.25) is 0 Å². The first-order valence-corrected chi connectivity index (χ1v) is 6.16. The maximum Gasteiger partial charge on any atom is 0.120 e. The lowest BCUT2D eigenvalue weighted by atomic mass is 10.0. The minimum Gasteiger partial charge on any atom is -0.497 e. The van der Waals surface area contributed by atoms with E-state index < -0.39 is 0 Å². The fourth-order valence-electron chi connectivity index (χ4n) is 1.53. The van der Waals surface area contributed by atoms with E-state index in [1.165, 1.54) is 0 Å². The van der Waals surface area contributed by atoms with Crippen molar-refractivity contribution in [3.63, 3.8) is 0 Å². The number of anilines is 1. The topological polar surface area (TPSA) is 47.3 Å². The van der Waals surface area contributed by atoms with Crippen LogP contribution in [0.2, 0.25) is 5.02 Å². The predicted octanol–water partition coefficient (Wildman–Crippen LogP) is 3.28. The van der Waals surface area contributed by atoms with Gasteiger partial charge in [-0.1, -0.05) is 11.6 Å². The zero-order valence-electron chi connectivity index (χ0n) is 10.7. The van der Waals surface area contributed by atoms with Gasteiger partial charge in [-0.2, -0.15) is 0 Å². The van der Waals surface area contributed by atoms with Crippen molar-refractivity contribution in [2.24, 2.45) is 5.73 Å². The number of benzene rings is 1. The highest BCUT2D eigenvalue weighted by molar-refractivity contribution is 6.33. The zero-order chi connectivity index (χ0) is 12.9. The van der Waals surface area contributed by atoms with Crippen LogP contribution in [0.25, 0.3) is 0 Å². The molecule has 0 saturated heterocycles. The molecule has 0 amide bonds. The van der Waals surface area contributed by atoms with Crippen LogP contribution in [0.5, 0.6) is 5.75 Å². The fraction of sp³-hybridized carbons (Fsp3) is 0.538. The summed E-state index contributed by atoms with van der Waals surface area (Å²) in [7, 11) is 1.63. The summed E-state index contributed by atoms with van der Waals surface area (Å²) in [6.07, 6.45) is 2.00. The Morgan fingerprint density at radius 3 is 2.65 bits per heavy atom. The summed E-state index contributed by atoms with van der Waals surface area (Å²) >= 11 is 6.11. The molecule has 0 aromatic heterocycles. The van der Waals surface area contributed by atoms with Gasteiger partial charge in [-0.15, -0.1) is 0 Å². The molecule has 0 heterocycles. The van der Waals surface area contributed by atoms with Gasteiger partial charge in [0.15, 0.2) is 0 Å². The Morgan fingerprint density at radius 2 is 2.12 bits per heavy atom. The zero-order valence-corrected chi connectivity index (χ0v) is 11.5. The van der Waals surface area contributed by atoms with Crippen molar-refractivity contribution in [2.75, 3.05) is 19.0 Å². The average molecular weight is 257 g/mol. The molecule has 4 heteroatoms. The first-order valence-electron chi connectivity index (χ1n) is 5.79. The maximum atomic E-state index is 6.11. The van der Waals surface area contributed by atoms with E-state index in [2.05, 4.69) is 5.32 Å². The van der Waals surface area contributed by atoms with Crippen molar-refractivity contribution in [1.82, 2.24) is 0 Å². The summed E-state index contributed by atoms with van der Waals surface area (Å²) < 4.78 is 5.09. The number of nitrogens with one attached hydrogen (secondary N) is 1. The lowest BCUT2D eigenvalue weighted by Crippen LogP contribution is -2.32. The van der Waals surface area contributed by atoms with E-state index in [1.54, 1.807) is 13.2 Å². The minimum absolute atomic E-state index is 0.106. The molecule has 0 unspecified atom stereocenters. The molecule has 1 aromatic rings. The Labute approximate surface area is 108 Å². The summed E-state index contributed by atoms with van der Waals surface area (Å²) in [4.78, 5) is 0. The third kappa shape index (κ3) is 5.29. The third-order valence-corrected chi connectivity index (χ3v) is 2.80. The molecule has 0 bridgehead atoms. The predicted molar refractivity (Wildman–Crippen MR) is 74.0 cm³/mol. The molecule has 0 spiro atoms. The van der Waals surface area contributed by atoms with Crippen molar-refractivity contribution in [3.8, 4) is 5.75 Å². The lowest BCUT2D eigenvalue weighted by molar-refractivity contribution is 0.415. The second kappa shape index (κ2) is 6.12. The number of ether oxygens (including phenoxy) is 1. The van der Waals surface area contributed by atoms with Crippen LogP contribution in [0, 0.1) is 0 Å². The van der Waals surface area contributed by atoms with Crippen LogP contribution < -0.4 is 15.8 Å². The summed E-state index contributed by atoms with van der Waals surface area (Å²) in [6.45, 7) is 4.94. The highest BCUT2D eigenvalue weighted by atomic mass is 35.5. The SMILES string of the molecule is COc1ccc(NCCCC(C)(C)N)c(Cl)c1. The van der Waals surface area contributed by atoms with Gasteiger partial charge in [0.05, 0.1) is 17.8 Å². The smallest absolute Gasteiger partial charge is 0.120 e. The molecule has 0 fully saturated rings. The van der Waals surface area contributed by atoms with Crippen molar-refractivity contribution >= 4 is 17.3 Å². The van der Waals surface area contributed by atoms with E-state index in [9.17, 15) is 0 Å². The molecular formula is C13H21ClN2O. The van der Waals surface area contributed by atoms with E-state index in [1.807, 2.05) is 26.0 Å². The van der Waals surface area contributed by atoms with Gasteiger partial charge in [0.1, 0.15) is 5.75 Å². The van der Waals surface area contributed by atoms with E-state index in [0.717, 1.165) is 30.8 Å². The first kappa shape index (κ1) is 14.1. The van der Waals surface area contributed by atoms with Crippen LogP contribution in [-0.4, -0.2) is 19.2 Å². The second-order valence-electron chi connectivity index (χ2n) is 4.86. The number of hydrogen-bond donors (Lipinski definition) is 2. The Hall–Kier alpha value is -0.930. The van der Waals surface area contributed by atoms with E-state index >= 15 is 0 Å². The van der Waals surface area contributed by atoms with Crippen LogP contribution in [0.15, 0.2) is 18.2 Å². The molecule has 0 radical (unpaired) electrons. The molecule has 3 nitrogen and oxygen atoms in total. The number of nitrogens with two attached hydrogens (primary N) is 1. The van der Waals surface area contributed by atoms with Crippen molar-refractivity contribution in [1.29, 1.82) is 0 Å². The molecule has 1 rings (SSSR count). The van der Waals surface area contributed by atoms with Crippen LogP contribution in [-0.2, 0) is 0 Å². The van der Waals surface area contributed by atoms with Crippen molar-refractivity contribution < 1.29 is 4.74 Å². The van der Waals surface area contributed by atoms with Crippen LogP contribution in [0.1, 0.15) is 26.7 Å². The summed E-state index contributed by atoms with van der Waals surface area (Å²) in [5.41, 5.74) is 6.74. The highest BCUT2D eigenvalue weighted by Gasteiger charge is 2.09. The molecule has 1 aromatic carbocycles. The summed E-state index contributed by atoms with van der Waals surface area (Å²) in [5.74, 6) is 0.767. The van der Waals surface area contributed by atoms with E-state index in [4.69, 9.17) is 22.1 Å². The molecule has 96 valence electrons. The summed E-state index contributed by atoms with van der Waals surface area (Å²) in [5, 5.41) is 3.97. The van der Waals surface area contributed by atoms with Crippen LogP contribution in [0.4, 0.5) is 5.69 Å². The van der Waals surface area contributed by atoms with Gasteiger partial charge in [0.25, 0.3) is 0 Å². The van der Waals surface area contributed by atoms with Gasteiger partial charge in [-0.05, 0) is 38.8 Å². The monoisotopic (exact) mass is 256 g/mol. The Bertz CT molecular complexity index is 361. The van der Waals surface area contributed by atoms with E-state index in [0.29, 0.717) is 5.02 Å². The molecule has 0 aliphatic carbocycles. The van der Waals surface area contributed by atoms with Crippen molar-refractivity contribution in [3.05, 3.63) is 23.2 Å². The first-order chi connectivity index (χ1) is 7.92. The maximum absolute atomic E-state index is 6.11. The number of rotatable bonds is 6. The van der Waals surface area contributed by atoms with Gasteiger partial charge in [-0.25, -0.2) is 0 Å². The second-order valence-corrected chi connectivity index (χ2v) is 5.27. The number of hydrogen-bond acceptors (Lipinski definition) is 3. The van der Waals surface area contributed by atoms with Gasteiger partial charge < -0.3 is 15.8 Å². The quantitative estimate of drug-likeness (QED) is 0.768. The Kier molecular flexibility index (Phi) is 5.09. The normalized spacial score (nSPS) is 11.4. The van der Waals surface area contributed by atoms with Crippen LogP contribution in [0.3, 0.4) is 0 Å². The average Bonchev–Trinajstić information content (AvgIpc) is 2.24. The molecular weight excluding hydrogens is 236 g/mol. The van der Waals surface area contributed by atoms with Gasteiger partial charge >= 0.3 is 0 Å². The minimum atomic E-state index is -0.106. The lowest BCUT2D eigenvalue weighted by Gasteiger charge is -2.18. The Morgan fingerprint density at radius 1 is 1.41 bits per heavy atom. The molecule has 3 N–H and O–H groups in total. The summed E-state index contributed by atoms with van der Waals surface area (Å²) in [6, 6.07) is 5.62. The number of halogens is 1. The standard InChI is InChI=1S/C13H21ClN2O/c1-13(2,15)7-4-8-16-12-6-5-10(17-3)9-11(12)14/h5-6,9,16H,4,7-8,15H2,1-3H3. The largest absolute Gasteiger partial charge is 0.497 e. The highest BCUT2D eigenvalue weighted by Crippen LogP contribution is 2.26. The third-order valence-electron chi connectivity index (χ3n) is 2.49. The molecule has 0 saturated carbocycles. The fourth-order valence-corrected chi connectivity index (χ4v) is 1.77. The van der Waals surface area contributed by atoms with E-state index in [-0.39, 0.29) is 5.54 Å². The van der Waals surface area contributed by atoms with Gasteiger partial charge in [0, 0.05) is 18.2 Å². The number of methoxy groups -OCH3 is 1. The van der Waals surface area contributed by atoms with Crippen LogP contribution >= 0.6 is 11.6 Å².